The summed E-state index contributed by atoms with van der Waals surface area (Å²) in [4.78, 5) is 16.2. The van der Waals surface area contributed by atoms with E-state index in [0.29, 0.717) is 4.77 Å². The van der Waals surface area contributed by atoms with Gasteiger partial charge in [0.05, 0.1) is 0 Å². The Bertz CT molecular complexity index is 391. The Morgan fingerprint density at radius 3 is 2.57 bits per heavy atom. The Morgan fingerprint density at radius 1 is 1.64 bits per heavy atom. The number of imidazole rings is 1. The summed E-state index contributed by atoms with van der Waals surface area (Å²) in [6.45, 7) is 3.77. The zero-order valence-corrected chi connectivity index (χ0v) is 9.68. The van der Waals surface area contributed by atoms with Gasteiger partial charge in [-0.2, -0.15) is 0 Å². The summed E-state index contributed by atoms with van der Waals surface area (Å²) in [7, 11) is 3.48. The van der Waals surface area contributed by atoms with Crippen LogP contribution >= 0.6 is 12.2 Å². The van der Waals surface area contributed by atoms with Crippen molar-refractivity contribution >= 4 is 18.1 Å². The maximum Gasteiger partial charge on any atom is 0.244 e. The highest BCUT2D eigenvalue weighted by Crippen LogP contribution is 2.12. The lowest BCUT2D eigenvalue weighted by Crippen LogP contribution is -2.30. The molecule has 0 aliphatic heterocycles. The van der Waals surface area contributed by atoms with Gasteiger partial charge in [-0.3, -0.25) is 4.79 Å². The van der Waals surface area contributed by atoms with E-state index in [-0.39, 0.29) is 11.9 Å². The molecule has 14 heavy (non-hydrogen) atoms. The first kappa shape index (κ1) is 11.0. The number of aromatic amines is 1. The molecule has 0 saturated heterocycles. The number of hydrogen-bond donors (Lipinski definition) is 1. The topological polar surface area (TPSA) is 41.0 Å². The van der Waals surface area contributed by atoms with Gasteiger partial charge in [-0.25, -0.2) is 0 Å². The third kappa shape index (κ3) is 1.87. The number of nitrogens with zero attached hydrogens (tertiary/aromatic N) is 2. The first-order chi connectivity index (χ1) is 6.45. The van der Waals surface area contributed by atoms with E-state index in [2.05, 4.69) is 4.98 Å². The summed E-state index contributed by atoms with van der Waals surface area (Å²) in [5, 5.41) is 0. The number of carbonyl (C=O) groups excluding carboxylic acids is 1. The van der Waals surface area contributed by atoms with Crippen molar-refractivity contribution in [3.63, 3.8) is 0 Å². The van der Waals surface area contributed by atoms with Crippen LogP contribution in [0.3, 0.4) is 0 Å². The number of carbonyl (C=O) groups is 1. The van der Waals surface area contributed by atoms with Crippen LogP contribution in [-0.2, 0) is 4.79 Å². The van der Waals surface area contributed by atoms with Crippen LogP contribution < -0.4 is 0 Å². The van der Waals surface area contributed by atoms with Crippen LogP contribution in [0.1, 0.15) is 18.7 Å². The Morgan fingerprint density at radius 2 is 2.21 bits per heavy atom. The molecule has 1 heterocycles. The van der Waals surface area contributed by atoms with Crippen molar-refractivity contribution < 1.29 is 4.79 Å². The zero-order chi connectivity index (χ0) is 10.9. The highest BCUT2D eigenvalue weighted by molar-refractivity contribution is 7.71. The summed E-state index contributed by atoms with van der Waals surface area (Å²) < 4.78 is 2.41. The third-order valence-electron chi connectivity index (χ3n) is 2.19. The highest BCUT2D eigenvalue weighted by atomic mass is 32.1. The van der Waals surface area contributed by atoms with Crippen molar-refractivity contribution in [2.75, 3.05) is 14.1 Å². The number of aryl methyl sites for hydroxylation is 1. The highest BCUT2D eigenvalue weighted by Gasteiger charge is 2.18. The molecule has 0 fully saturated rings. The second-order valence-electron chi connectivity index (χ2n) is 3.51. The minimum atomic E-state index is -0.247. The van der Waals surface area contributed by atoms with Gasteiger partial charge in [0.1, 0.15) is 6.04 Å². The van der Waals surface area contributed by atoms with Crippen LogP contribution in [0.25, 0.3) is 0 Å². The van der Waals surface area contributed by atoms with Gasteiger partial charge in [-0.1, -0.05) is 0 Å². The van der Waals surface area contributed by atoms with E-state index in [1.807, 2.05) is 24.6 Å². The zero-order valence-electron chi connectivity index (χ0n) is 8.87. The maximum absolute atomic E-state index is 11.7. The fourth-order valence-corrected chi connectivity index (χ4v) is 1.79. The van der Waals surface area contributed by atoms with Gasteiger partial charge >= 0.3 is 0 Å². The minimum Gasteiger partial charge on any atom is -0.347 e. The first-order valence-electron chi connectivity index (χ1n) is 4.43. The first-order valence-corrected chi connectivity index (χ1v) is 4.83. The molecule has 0 aliphatic rings. The van der Waals surface area contributed by atoms with Crippen molar-refractivity contribution in [1.82, 2.24) is 14.5 Å². The van der Waals surface area contributed by atoms with E-state index in [1.54, 1.807) is 19.0 Å². The molecule has 1 aromatic heterocycles. The molecule has 1 atom stereocenters. The van der Waals surface area contributed by atoms with Crippen LogP contribution in [0.4, 0.5) is 0 Å². The molecular formula is C9H15N3OS. The molecule has 1 amide bonds. The van der Waals surface area contributed by atoms with E-state index in [1.165, 1.54) is 0 Å². The van der Waals surface area contributed by atoms with Crippen molar-refractivity contribution in [3.8, 4) is 0 Å². The van der Waals surface area contributed by atoms with Gasteiger partial charge in [0.15, 0.2) is 4.77 Å². The molecule has 1 rings (SSSR count). The number of nitrogens with one attached hydrogen (secondary N) is 1. The number of amides is 1. The van der Waals surface area contributed by atoms with E-state index in [4.69, 9.17) is 12.2 Å². The van der Waals surface area contributed by atoms with Gasteiger partial charge in [0, 0.05) is 26.0 Å². The van der Waals surface area contributed by atoms with E-state index >= 15 is 0 Å². The molecule has 1 N–H and O–H groups in total. The Labute approximate surface area is 88.5 Å². The molecular weight excluding hydrogens is 198 g/mol. The molecule has 4 nitrogen and oxygen atoms in total. The van der Waals surface area contributed by atoms with E-state index in [0.717, 1.165) is 5.69 Å². The molecule has 0 saturated carbocycles. The monoisotopic (exact) mass is 213 g/mol. The average Bonchev–Trinajstić information content (AvgIpc) is 2.44. The van der Waals surface area contributed by atoms with Crippen molar-refractivity contribution in [2.45, 2.75) is 19.9 Å². The molecule has 5 heteroatoms. The van der Waals surface area contributed by atoms with Gasteiger partial charge < -0.3 is 14.5 Å². The molecule has 0 aromatic carbocycles. The Balaban J connectivity index is 3.06. The number of aromatic nitrogens is 2. The molecule has 78 valence electrons. The maximum atomic E-state index is 11.7. The van der Waals surface area contributed by atoms with Crippen molar-refractivity contribution in [3.05, 3.63) is 16.7 Å². The lowest BCUT2D eigenvalue weighted by atomic mass is 10.3. The second kappa shape index (κ2) is 3.96. The molecule has 1 unspecified atom stereocenters. The van der Waals surface area contributed by atoms with Gasteiger partial charge in [-0.05, 0) is 26.1 Å². The summed E-state index contributed by atoms with van der Waals surface area (Å²) >= 11 is 5.09. The quantitative estimate of drug-likeness (QED) is 0.756. The third-order valence-corrected chi connectivity index (χ3v) is 2.50. The fraction of sp³-hybridized carbons (Fsp3) is 0.556. The smallest absolute Gasteiger partial charge is 0.244 e. The standard InChI is InChI=1S/C9H15N3OS/c1-6-5-10-9(14)12(6)7(2)8(13)11(3)4/h5,7H,1-4H3,(H,10,14). The number of likely N-dealkylation sites (N-methyl/N-ethyl adjacent to an activating group) is 1. The van der Waals surface area contributed by atoms with Gasteiger partial charge in [0.25, 0.3) is 0 Å². The summed E-state index contributed by atoms with van der Waals surface area (Å²) in [5.74, 6) is 0.0452. The van der Waals surface area contributed by atoms with Crippen molar-refractivity contribution in [1.29, 1.82) is 0 Å². The van der Waals surface area contributed by atoms with E-state index < -0.39 is 0 Å². The fourth-order valence-electron chi connectivity index (χ4n) is 1.43. The van der Waals surface area contributed by atoms with Crippen LogP contribution in [-0.4, -0.2) is 34.5 Å². The predicted octanol–water partition coefficient (Wildman–Crippen LogP) is 1.50. The largest absolute Gasteiger partial charge is 0.347 e. The Hall–Kier alpha value is -1.10. The van der Waals surface area contributed by atoms with Crippen LogP contribution in [0, 0.1) is 11.7 Å². The predicted molar refractivity (Wildman–Crippen MR) is 57.8 cm³/mol. The average molecular weight is 213 g/mol. The van der Waals surface area contributed by atoms with Gasteiger partial charge in [-0.15, -0.1) is 0 Å². The number of hydrogen-bond acceptors (Lipinski definition) is 2. The van der Waals surface area contributed by atoms with Crippen LogP contribution in [0.2, 0.25) is 0 Å². The van der Waals surface area contributed by atoms with Crippen molar-refractivity contribution in [2.24, 2.45) is 0 Å². The summed E-state index contributed by atoms with van der Waals surface area (Å²) in [6.07, 6.45) is 1.81. The van der Waals surface area contributed by atoms with Gasteiger partial charge in [0.2, 0.25) is 5.91 Å². The SMILES string of the molecule is Cc1c[nH]c(=S)n1C(C)C(=O)N(C)C. The molecule has 0 aliphatic carbocycles. The minimum absolute atomic E-state index is 0.0452. The molecule has 0 spiro atoms. The lowest BCUT2D eigenvalue weighted by molar-refractivity contribution is -0.131. The second-order valence-corrected chi connectivity index (χ2v) is 3.90. The molecule has 0 radical (unpaired) electrons. The van der Waals surface area contributed by atoms with E-state index in [9.17, 15) is 4.79 Å². The molecule has 1 aromatic rings. The number of H-pyrrole nitrogens is 1. The van der Waals surface area contributed by atoms with Crippen LogP contribution in [0.5, 0.6) is 0 Å². The number of rotatable bonds is 2. The normalized spacial score (nSPS) is 12.6. The van der Waals surface area contributed by atoms with Crippen LogP contribution in [0.15, 0.2) is 6.20 Å². The Kier molecular flexibility index (Phi) is 3.10. The molecule has 0 bridgehead atoms. The lowest BCUT2D eigenvalue weighted by Gasteiger charge is -2.19. The summed E-state index contributed by atoms with van der Waals surface area (Å²) in [6, 6.07) is -0.247. The summed E-state index contributed by atoms with van der Waals surface area (Å²) in [5.41, 5.74) is 0.970.